The van der Waals surface area contributed by atoms with Crippen molar-refractivity contribution >= 4 is 34.1 Å². The van der Waals surface area contributed by atoms with E-state index in [9.17, 15) is 0 Å². The van der Waals surface area contributed by atoms with E-state index in [1.54, 1.807) is 0 Å². The third-order valence-corrected chi connectivity index (χ3v) is 14.9. The molecule has 0 saturated heterocycles. The van der Waals surface area contributed by atoms with E-state index in [-0.39, 0.29) is 16.2 Å². The molecule has 0 aliphatic heterocycles. The highest BCUT2D eigenvalue weighted by Gasteiger charge is 2.42. The maximum atomic E-state index is 2.51. The molecular formula is C71H64N2. The molecular weight excluding hydrogens is 881 g/mol. The highest BCUT2D eigenvalue weighted by Crippen LogP contribution is 2.58. The molecule has 0 saturated carbocycles. The van der Waals surface area contributed by atoms with Crippen LogP contribution in [0.3, 0.4) is 0 Å². The third-order valence-electron chi connectivity index (χ3n) is 14.9. The molecule has 10 aromatic rings. The second kappa shape index (κ2) is 18.8. The van der Waals surface area contributed by atoms with Gasteiger partial charge in [0.25, 0.3) is 0 Å². The van der Waals surface area contributed by atoms with Gasteiger partial charge in [-0.1, -0.05) is 219 Å². The molecule has 0 heterocycles. The van der Waals surface area contributed by atoms with Gasteiger partial charge in [0.15, 0.2) is 0 Å². The number of anilines is 6. The van der Waals surface area contributed by atoms with Gasteiger partial charge < -0.3 is 9.80 Å². The molecule has 10 aromatic carbocycles. The Bertz CT molecular complexity index is 3510. The van der Waals surface area contributed by atoms with Gasteiger partial charge >= 0.3 is 0 Å². The summed E-state index contributed by atoms with van der Waals surface area (Å²) in [6.45, 7) is 19.0. The highest BCUT2D eigenvalue weighted by molar-refractivity contribution is 5.99. The summed E-state index contributed by atoms with van der Waals surface area (Å²) in [6, 6.07) is 89.1. The minimum atomic E-state index is -0.183. The molecule has 0 unspecified atom stereocenters. The Morgan fingerprint density at radius 2 is 0.671 bits per heavy atom. The normalized spacial score (nSPS) is 12.8. The molecule has 2 nitrogen and oxygen atoms in total. The van der Waals surface area contributed by atoms with Crippen LogP contribution in [-0.2, 0) is 16.2 Å². The first kappa shape index (κ1) is 47.1. The Balaban J connectivity index is 1.06. The van der Waals surface area contributed by atoms with Crippen molar-refractivity contribution in [2.24, 2.45) is 0 Å². The van der Waals surface area contributed by atoms with E-state index in [0.717, 1.165) is 39.6 Å². The van der Waals surface area contributed by atoms with Crippen molar-refractivity contribution in [1.82, 2.24) is 0 Å². The summed E-state index contributed by atoms with van der Waals surface area (Å²) in [4.78, 5) is 4.80. The fraction of sp³-hybridized carbons (Fsp3) is 0.155. The standard InChI is InChI=1S/C71H64N2/c1-69(2,3)53-45-64(70(4,5)6)67-65(46-53)71(7,8)63-35-24-36-66(68(63)67)73(56-33-22-13-23-34-56)58-43-39-52(40-44-58)62-48-59(49-25-14-9-15-26-49)61(47-60(62)50-27-16-10-17-28-50)51-37-41-57(42-38-51)72(54-29-18-11-19-30-54)55-31-20-12-21-32-55/h9-48H,1-8H3. The average Bonchev–Trinajstić information content (AvgIpc) is 3.66. The number of rotatable bonds is 10. The zero-order chi connectivity index (χ0) is 50.5. The van der Waals surface area contributed by atoms with Gasteiger partial charge in [0, 0.05) is 39.4 Å². The number of nitrogens with zero attached hydrogens (tertiary/aromatic N) is 2. The van der Waals surface area contributed by atoms with E-state index in [1.165, 1.54) is 72.4 Å². The van der Waals surface area contributed by atoms with Crippen LogP contribution in [0, 0.1) is 0 Å². The largest absolute Gasteiger partial charge is 0.311 e. The minimum absolute atomic E-state index is 0.0165. The van der Waals surface area contributed by atoms with Crippen LogP contribution in [0.25, 0.3) is 55.6 Å². The van der Waals surface area contributed by atoms with Gasteiger partial charge in [-0.2, -0.15) is 0 Å². The molecule has 0 bridgehead atoms. The minimum Gasteiger partial charge on any atom is -0.311 e. The Morgan fingerprint density at radius 3 is 1.08 bits per heavy atom. The quantitative estimate of drug-likeness (QED) is 0.135. The summed E-state index contributed by atoms with van der Waals surface area (Å²) in [5.74, 6) is 0. The van der Waals surface area contributed by atoms with E-state index in [2.05, 4.69) is 308 Å². The zero-order valence-corrected chi connectivity index (χ0v) is 43.5. The maximum absolute atomic E-state index is 2.51. The molecule has 0 radical (unpaired) electrons. The summed E-state index contributed by atoms with van der Waals surface area (Å²) in [6.07, 6.45) is 0. The topological polar surface area (TPSA) is 6.48 Å². The molecule has 0 fully saturated rings. The summed E-state index contributed by atoms with van der Waals surface area (Å²) >= 11 is 0. The molecule has 11 rings (SSSR count). The van der Waals surface area contributed by atoms with Crippen LogP contribution in [0.1, 0.15) is 77.6 Å². The van der Waals surface area contributed by atoms with E-state index < -0.39 is 0 Å². The fourth-order valence-electron chi connectivity index (χ4n) is 11.1. The van der Waals surface area contributed by atoms with Gasteiger partial charge in [-0.15, -0.1) is 0 Å². The smallest absolute Gasteiger partial charge is 0.0543 e. The first-order valence-electron chi connectivity index (χ1n) is 25.8. The molecule has 358 valence electrons. The lowest BCUT2D eigenvalue weighted by atomic mass is 9.74. The van der Waals surface area contributed by atoms with Crippen LogP contribution in [0.15, 0.2) is 243 Å². The first-order chi connectivity index (χ1) is 35.3. The van der Waals surface area contributed by atoms with Gasteiger partial charge in [0.1, 0.15) is 0 Å². The molecule has 0 atom stereocenters. The molecule has 0 amide bonds. The van der Waals surface area contributed by atoms with E-state index in [4.69, 9.17) is 0 Å². The van der Waals surface area contributed by atoms with Crippen LogP contribution in [-0.4, -0.2) is 0 Å². The van der Waals surface area contributed by atoms with Crippen LogP contribution in [0.2, 0.25) is 0 Å². The summed E-state index contributed by atoms with van der Waals surface area (Å²) in [5, 5.41) is 0. The molecule has 0 N–H and O–H groups in total. The molecule has 1 aliphatic rings. The van der Waals surface area contributed by atoms with Crippen LogP contribution in [0.4, 0.5) is 34.1 Å². The second-order valence-corrected chi connectivity index (χ2v) is 22.2. The van der Waals surface area contributed by atoms with Crippen molar-refractivity contribution in [2.75, 3.05) is 9.80 Å². The molecule has 73 heavy (non-hydrogen) atoms. The van der Waals surface area contributed by atoms with Crippen molar-refractivity contribution in [1.29, 1.82) is 0 Å². The maximum Gasteiger partial charge on any atom is 0.0543 e. The SMILES string of the molecule is CC(C)(C)c1cc(C(C)(C)C)c2c(c1)C(C)(C)c1cccc(N(c3ccccc3)c3ccc(-c4cc(-c5ccccc5)c(-c5ccc(N(c6ccccc6)c6ccccc6)cc5)cc4-c4ccccc4)cc3)c1-2. The molecule has 0 aromatic heterocycles. The van der Waals surface area contributed by atoms with Gasteiger partial charge in [0.2, 0.25) is 0 Å². The third kappa shape index (κ3) is 8.86. The lowest BCUT2D eigenvalue weighted by molar-refractivity contribution is 0.564. The average molecular weight is 945 g/mol. The van der Waals surface area contributed by atoms with Crippen molar-refractivity contribution < 1.29 is 0 Å². The van der Waals surface area contributed by atoms with Crippen molar-refractivity contribution in [2.45, 2.75) is 71.6 Å². The van der Waals surface area contributed by atoms with Crippen molar-refractivity contribution in [3.05, 3.63) is 265 Å². The van der Waals surface area contributed by atoms with Crippen molar-refractivity contribution in [3.8, 4) is 55.6 Å². The van der Waals surface area contributed by atoms with Crippen molar-refractivity contribution in [3.63, 3.8) is 0 Å². The second-order valence-electron chi connectivity index (χ2n) is 22.2. The van der Waals surface area contributed by atoms with Crippen LogP contribution in [0.5, 0.6) is 0 Å². The number of hydrogen-bond donors (Lipinski definition) is 0. The zero-order valence-electron chi connectivity index (χ0n) is 43.5. The first-order valence-corrected chi connectivity index (χ1v) is 25.8. The lowest BCUT2D eigenvalue weighted by Crippen LogP contribution is -2.21. The number of fused-ring (bicyclic) bond motifs is 3. The monoisotopic (exact) mass is 945 g/mol. The Kier molecular flexibility index (Phi) is 12.1. The van der Waals surface area contributed by atoms with Gasteiger partial charge in [-0.25, -0.2) is 0 Å². The van der Waals surface area contributed by atoms with Crippen LogP contribution < -0.4 is 9.80 Å². The number of hydrogen-bond acceptors (Lipinski definition) is 2. The Hall–Kier alpha value is -8.20. The Morgan fingerprint density at radius 1 is 0.301 bits per heavy atom. The number of para-hydroxylation sites is 3. The summed E-state index contributed by atoms with van der Waals surface area (Å²) < 4.78 is 0. The lowest BCUT2D eigenvalue weighted by Gasteiger charge is -2.31. The van der Waals surface area contributed by atoms with E-state index in [0.29, 0.717) is 0 Å². The fourth-order valence-corrected chi connectivity index (χ4v) is 11.1. The van der Waals surface area contributed by atoms with Gasteiger partial charge in [0.05, 0.1) is 5.69 Å². The summed E-state index contributed by atoms with van der Waals surface area (Å²) in [7, 11) is 0. The molecule has 1 aliphatic carbocycles. The van der Waals surface area contributed by atoms with Crippen LogP contribution >= 0.6 is 0 Å². The van der Waals surface area contributed by atoms with Gasteiger partial charge in [-0.05, 0) is 162 Å². The Labute approximate surface area is 433 Å². The number of benzene rings is 10. The van der Waals surface area contributed by atoms with Gasteiger partial charge in [-0.3, -0.25) is 0 Å². The van der Waals surface area contributed by atoms with E-state index >= 15 is 0 Å². The predicted molar refractivity (Wildman–Crippen MR) is 313 cm³/mol. The summed E-state index contributed by atoms with van der Waals surface area (Å²) in [5.41, 5.74) is 24.2. The molecule has 2 heteroatoms. The molecule has 0 spiro atoms. The highest BCUT2D eigenvalue weighted by atomic mass is 15.1. The predicted octanol–water partition coefficient (Wildman–Crippen LogP) is 20.2. The van der Waals surface area contributed by atoms with E-state index in [1.807, 2.05) is 0 Å².